The molecule has 164 valence electrons. The quantitative estimate of drug-likeness (QED) is 0.601. The van der Waals surface area contributed by atoms with Crippen LogP contribution < -0.4 is 5.32 Å². The molecule has 1 amide bonds. The fraction of sp³-hybridized carbons (Fsp3) is 0.381. The van der Waals surface area contributed by atoms with Gasteiger partial charge in [-0.15, -0.1) is 11.3 Å². The number of nitrogens with zero attached hydrogens (tertiary/aromatic N) is 3. The van der Waals surface area contributed by atoms with Gasteiger partial charge in [-0.05, 0) is 43.0 Å². The Kier molecular flexibility index (Phi) is 6.22. The fourth-order valence-corrected chi connectivity index (χ4v) is 6.44. The van der Waals surface area contributed by atoms with Gasteiger partial charge in [0.2, 0.25) is 17.6 Å². The van der Waals surface area contributed by atoms with Crippen molar-refractivity contribution in [1.82, 2.24) is 14.4 Å². The van der Waals surface area contributed by atoms with E-state index in [1.165, 1.54) is 4.31 Å². The van der Waals surface area contributed by atoms with E-state index in [2.05, 4.69) is 22.4 Å². The van der Waals surface area contributed by atoms with E-state index in [9.17, 15) is 13.2 Å². The lowest BCUT2D eigenvalue weighted by molar-refractivity contribution is -0.120. The van der Waals surface area contributed by atoms with Crippen LogP contribution in [0.4, 0.5) is 5.69 Å². The van der Waals surface area contributed by atoms with E-state index in [1.807, 2.05) is 24.3 Å². The minimum Gasteiger partial charge on any atom is -0.339 e. The van der Waals surface area contributed by atoms with E-state index in [4.69, 9.17) is 4.52 Å². The highest BCUT2D eigenvalue weighted by atomic mass is 32.2. The summed E-state index contributed by atoms with van der Waals surface area (Å²) in [6.45, 7) is 4.29. The third kappa shape index (κ3) is 4.70. The number of hydrogen-bond donors (Lipinski definition) is 1. The second kappa shape index (κ2) is 8.89. The number of carbonyl (C=O) groups excluding carboxylic acids is 1. The summed E-state index contributed by atoms with van der Waals surface area (Å²) in [4.78, 5) is 17.0. The number of anilines is 1. The lowest BCUT2D eigenvalue weighted by atomic mass is 9.98. The molecule has 1 aliphatic rings. The molecule has 0 radical (unpaired) electrons. The van der Waals surface area contributed by atoms with Crippen LogP contribution in [-0.4, -0.2) is 41.9 Å². The summed E-state index contributed by atoms with van der Waals surface area (Å²) >= 11 is 1.12. The Morgan fingerprint density at radius 1 is 1.35 bits per heavy atom. The van der Waals surface area contributed by atoms with Crippen LogP contribution in [0.15, 0.2) is 44.4 Å². The van der Waals surface area contributed by atoms with Crippen molar-refractivity contribution in [2.75, 3.05) is 18.4 Å². The van der Waals surface area contributed by atoms with Crippen LogP contribution >= 0.6 is 11.3 Å². The molecule has 2 aromatic heterocycles. The largest absolute Gasteiger partial charge is 0.339 e. The number of hydrogen-bond acceptors (Lipinski definition) is 7. The molecule has 4 rings (SSSR count). The predicted molar refractivity (Wildman–Crippen MR) is 118 cm³/mol. The van der Waals surface area contributed by atoms with E-state index in [0.29, 0.717) is 36.7 Å². The zero-order valence-electron chi connectivity index (χ0n) is 17.4. The molecule has 1 aromatic carbocycles. The van der Waals surface area contributed by atoms with Crippen molar-refractivity contribution in [3.63, 3.8) is 0 Å². The zero-order chi connectivity index (χ0) is 22.0. The van der Waals surface area contributed by atoms with Gasteiger partial charge in [-0.25, -0.2) is 8.42 Å². The van der Waals surface area contributed by atoms with Crippen molar-refractivity contribution < 1.29 is 17.7 Å². The Morgan fingerprint density at radius 2 is 2.19 bits per heavy atom. The van der Waals surface area contributed by atoms with E-state index in [0.717, 1.165) is 29.0 Å². The Balaban J connectivity index is 1.47. The van der Waals surface area contributed by atoms with Gasteiger partial charge in [0.1, 0.15) is 4.21 Å². The van der Waals surface area contributed by atoms with Gasteiger partial charge in [0.25, 0.3) is 10.0 Å². The molecule has 31 heavy (non-hydrogen) atoms. The molecule has 10 heteroatoms. The van der Waals surface area contributed by atoms with Gasteiger partial charge in [-0.3, -0.25) is 4.79 Å². The van der Waals surface area contributed by atoms with Crippen LogP contribution in [0, 0.1) is 12.8 Å². The number of carbonyl (C=O) groups is 1. The van der Waals surface area contributed by atoms with Gasteiger partial charge in [0, 0.05) is 36.6 Å². The number of piperidine rings is 1. The van der Waals surface area contributed by atoms with E-state index < -0.39 is 15.9 Å². The molecule has 1 N–H and O–H groups in total. The molecule has 1 saturated heterocycles. The molecule has 3 heterocycles. The normalized spacial score (nSPS) is 17.5. The Morgan fingerprint density at radius 3 is 2.94 bits per heavy atom. The number of amides is 1. The maximum Gasteiger partial charge on any atom is 0.252 e. The molecular weight excluding hydrogens is 436 g/mol. The minimum absolute atomic E-state index is 0.151. The number of aromatic nitrogens is 2. The lowest BCUT2D eigenvalue weighted by Crippen LogP contribution is -2.43. The number of aryl methyl sites for hydroxylation is 2. The standard InChI is InChI=1S/C21H24N4O4S2/c1-3-15-6-4-8-18(10-15)23-21(26)16-7-5-9-25(12-16)31(27,28)19-11-17(13-30-19)20-22-14(2)29-24-20/h4,6,8,10-11,13,16H,3,5,7,9,12H2,1-2H3,(H,23,26). The first-order chi connectivity index (χ1) is 14.9. The SMILES string of the molecule is CCc1cccc(NC(=O)C2CCCN(S(=O)(=O)c3cc(-c4noc(C)n4)cs3)C2)c1. The van der Waals surface area contributed by atoms with Gasteiger partial charge in [-0.2, -0.15) is 9.29 Å². The van der Waals surface area contributed by atoms with Crippen LogP contribution in [0.5, 0.6) is 0 Å². The topological polar surface area (TPSA) is 105 Å². The Bertz CT molecular complexity index is 1190. The number of nitrogens with one attached hydrogen (secondary N) is 1. The molecule has 3 aromatic rings. The van der Waals surface area contributed by atoms with Crippen molar-refractivity contribution in [1.29, 1.82) is 0 Å². The van der Waals surface area contributed by atoms with Crippen LogP contribution in [0.1, 0.15) is 31.2 Å². The first kappa shape index (κ1) is 21.7. The zero-order valence-corrected chi connectivity index (χ0v) is 19.0. The van der Waals surface area contributed by atoms with E-state index in [1.54, 1.807) is 18.4 Å². The number of benzene rings is 1. The maximum absolute atomic E-state index is 13.2. The molecule has 0 bridgehead atoms. The van der Waals surface area contributed by atoms with Gasteiger partial charge in [-0.1, -0.05) is 24.2 Å². The van der Waals surface area contributed by atoms with Crippen LogP contribution in [-0.2, 0) is 21.2 Å². The van der Waals surface area contributed by atoms with Gasteiger partial charge in [0.15, 0.2) is 0 Å². The summed E-state index contributed by atoms with van der Waals surface area (Å²) in [6.07, 6.45) is 2.17. The maximum atomic E-state index is 13.2. The molecule has 8 nitrogen and oxygen atoms in total. The van der Waals surface area contributed by atoms with E-state index >= 15 is 0 Å². The number of sulfonamides is 1. The Hall–Kier alpha value is -2.56. The molecular formula is C21H24N4O4S2. The summed E-state index contributed by atoms with van der Waals surface area (Å²) in [5.74, 6) is 0.232. The molecule has 1 atom stereocenters. The molecule has 0 aliphatic carbocycles. The highest BCUT2D eigenvalue weighted by Gasteiger charge is 2.34. The van der Waals surface area contributed by atoms with Crippen LogP contribution in [0.25, 0.3) is 11.4 Å². The number of thiophene rings is 1. The van der Waals surface area contributed by atoms with Crippen molar-refractivity contribution in [2.45, 2.75) is 37.3 Å². The van der Waals surface area contributed by atoms with Crippen LogP contribution in [0.2, 0.25) is 0 Å². The first-order valence-corrected chi connectivity index (χ1v) is 12.5. The predicted octanol–water partition coefficient (Wildman–Crippen LogP) is 3.71. The molecule has 0 spiro atoms. The first-order valence-electron chi connectivity index (χ1n) is 10.2. The smallest absolute Gasteiger partial charge is 0.252 e. The van der Waals surface area contributed by atoms with Gasteiger partial charge in [0.05, 0.1) is 5.92 Å². The summed E-state index contributed by atoms with van der Waals surface area (Å²) in [6, 6.07) is 9.27. The average molecular weight is 461 g/mol. The third-order valence-electron chi connectivity index (χ3n) is 5.31. The summed E-state index contributed by atoms with van der Waals surface area (Å²) in [5, 5.41) is 8.48. The van der Waals surface area contributed by atoms with E-state index in [-0.39, 0.29) is 16.7 Å². The summed E-state index contributed by atoms with van der Waals surface area (Å²) in [7, 11) is -3.71. The minimum atomic E-state index is -3.71. The fourth-order valence-electron chi connectivity index (χ4n) is 3.60. The second-order valence-corrected chi connectivity index (χ2v) is 10.6. The van der Waals surface area contributed by atoms with Gasteiger partial charge < -0.3 is 9.84 Å². The van der Waals surface area contributed by atoms with Gasteiger partial charge >= 0.3 is 0 Å². The Labute approximate surface area is 185 Å². The molecule has 1 aliphatic heterocycles. The monoisotopic (exact) mass is 460 g/mol. The second-order valence-electron chi connectivity index (χ2n) is 7.54. The van der Waals surface area contributed by atoms with Crippen molar-refractivity contribution in [2.24, 2.45) is 5.92 Å². The molecule has 1 fully saturated rings. The third-order valence-corrected chi connectivity index (χ3v) is 8.59. The molecule has 1 unspecified atom stereocenters. The summed E-state index contributed by atoms with van der Waals surface area (Å²) in [5.41, 5.74) is 2.47. The average Bonchev–Trinajstić information content (AvgIpc) is 3.43. The highest BCUT2D eigenvalue weighted by molar-refractivity contribution is 7.91. The van der Waals surface area contributed by atoms with Crippen molar-refractivity contribution in [3.8, 4) is 11.4 Å². The summed E-state index contributed by atoms with van der Waals surface area (Å²) < 4.78 is 33.0. The number of rotatable bonds is 6. The van der Waals surface area contributed by atoms with Crippen molar-refractivity contribution >= 4 is 33.0 Å². The molecule has 0 saturated carbocycles. The highest BCUT2D eigenvalue weighted by Crippen LogP contribution is 2.31. The lowest BCUT2D eigenvalue weighted by Gasteiger charge is -2.30. The van der Waals surface area contributed by atoms with Crippen LogP contribution in [0.3, 0.4) is 0 Å². The van der Waals surface area contributed by atoms with Crippen molar-refractivity contribution in [3.05, 3.63) is 47.2 Å².